The molecule has 0 aliphatic rings. The van der Waals surface area contributed by atoms with Crippen LogP contribution >= 0.6 is 23.2 Å². The van der Waals surface area contributed by atoms with E-state index < -0.39 is 5.91 Å². The Balaban J connectivity index is 2.42. The molecule has 1 aromatic rings. The van der Waals surface area contributed by atoms with Crippen LogP contribution in [0.3, 0.4) is 0 Å². The first-order valence-electron chi connectivity index (χ1n) is 7.18. The largest absolute Gasteiger partial charge is 0.286 e. The predicted molar refractivity (Wildman–Crippen MR) is 87.8 cm³/mol. The molecular formula is C16H21Cl2NO2. The van der Waals surface area contributed by atoms with Crippen LogP contribution in [0.5, 0.6) is 0 Å². The number of amides is 1. The van der Waals surface area contributed by atoms with Crippen LogP contribution in [-0.2, 0) is 4.79 Å². The molecule has 0 bridgehead atoms. The first kappa shape index (κ1) is 18.0. The van der Waals surface area contributed by atoms with Crippen molar-refractivity contribution in [1.82, 2.24) is 5.06 Å². The zero-order valence-electron chi connectivity index (χ0n) is 12.2. The molecule has 1 rings (SSSR count). The molecule has 0 radical (unpaired) electrons. The molecule has 1 aromatic carbocycles. The van der Waals surface area contributed by atoms with Crippen LogP contribution in [-0.4, -0.2) is 22.7 Å². The van der Waals surface area contributed by atoms with Gasteiger partial charge in [0.2, 0.25) is 0 Å². The molecule has 0 fully saturated rings. The summed E-state index contributed by atoms with van der Waals surface area (Å²) in [6.45, 7) is 2.50. The van der Waals surface area contributed by atoms with Crippen LogP contribution in [0.15, 0.2) is 24.3 Å². The number of hydrogen-bond acceptors (Lipinski definition) is 2. The fraction of sp³-hybridized carbons (Fsp3) is 0.438. The molecule has 0 spiro atoms. The van der Waals surface area contributed by atoms with Crippen LogP contribution in [0.1, 0.15) is 44.6 Å². The number of carbonyl (C=O) groups is 1. The highest BCUT2D eigenvalue weighted by Crippen LogP contribution is 2.22. The number of benzene rings is 1. The summed E-state index contributed by atoms with van der Waals surface area (Å²) in [6.07, 6.45) is 8.20. The van der Waals surface area contributed by atoms with Gasteiger partial charge < -0.3 is 0 Å². The van der Waals surface area contributed by atoms with Gasteiger partial charge in [-0.25, -0.2) is 5.06 Å². The van der Waals surface area contributed by atoms with E-state index in [9.17, 15) is 10.0 Å². The number of rotatable bonds is 8. The van der Waals surface area contributed by atoms with Gasteiger partial charge >= 0.3 is 0 Å². The number of halogens is 2. The molecule has 0 aliphatic carbocycles. The van der Waals surface area contributed by atoms with E-state index in [1.165, 1.54) is 18.9 Å². The first-order valence-corrected chi connectivity index (χ1v) is 7.93. The molecule has 1 N–H and O–H groups in total. The number of unbranched alkanes of at least 4 members (excludes halogenated alkanes) is 4. The van der Waals surface area contributed by atoms with Crippen LogP contribution < -0.4 is 0 Å². The highest BCUT2D eigenvalue weighted by molar-refractivity contribution is 6.35. The van der Waals surface area contributed by atoms with Gasteiger partial charge in [-0.2, -0.15) is 0 Å². The normalized spacial score (nSPS) is 11.0. The van der Waals surface area contributed by atoms with E-state index in [-0.39, 0.29) is 0 Å². The molecular weight excluding hydrogens is 309 g/mol. The highest BCUT2D eigenvalue weighted by Gasteiger charge is 2.07. The minimum Gasteiger partial charge on any atom is -0.286 e. The maximum atomic E-state index is 11.7. The van der Waals surface area contributed by atoms with Crippen LogP contribution in [0, 0.1) is 0 Å². The Hall–Kier alpha value is -1.03. The van der Waals surface area contributed by atoms with Gasteiger partial charge in [-0.3, -0.25) is 10.0 Å². The van der Waals surface area contributed by atoms with Crippen molar-refractivity contribution >= 4 is 35.2 Å². The van der Waals surface area contributed by atoms with Crippen molar-refractivity contribution in [2.75, 3.05) is 6.54 Å². The molecule has 0 saturated heterocycles. The van der Waals surface area contributed by atoms with E-state index in [1.54, 1.807) is 24.3 Å². The zero-order chi connectivity index (χ0) is 15.7. The third kappa shape index (κ3) is 6.98. The standard InChI is InChI=1S/C16H21Cl2NO2/c1-2-3-4-5-6-11-19(21)16(20)10-8-13-7-9-14(17)12-15(13)18/h7-10,12,21H,2-6,11H2,1H3/b10-8+. The van der Waals surface area contributed by atoms with Crippen molar-refractivity contribution in [2.45, 2.75) is 39.0 Å². The quantitative estimate of drug-likeness (QED) is 0.308. The van der Waals surface area contributed by atoms with Crippen molar-refractivity contribution < 1.29 is 10.0 Å². The second-order valence-corrected chi connectivity index (χ2v) is 5.72. The first-order chi connectivity index (χ1) is 10.0. The molecule has 0 unspecified atom stereocenters. The summed E-state index contributed by atoms with van der Waals surface area (Å²) < 4.78 is 0. The summed E-state index contributed by atoms with van der Waals surface area (Å²) in [6, 6.07) is 5.03. The lowest BCUT2D eigenvalue weighted by molar-refractivity contribution is -0.159. The van der Waals surface area contributed by atoms with E-state index in [0.29, 0.717) is 22.2 Å². The van der Waals surface area contributed by atoms with Crippen LogP contribution in [0.25, 0.3) is 6.08 Å². The van der Waals surface area contributed by atoms with E-state index in [2.05, 4.69) is 6.92 Å². The maximum absolute atomic E-state index is 11.7. The molecule has 0 heterocycles. The van der Waals surface area contributed by atoms with Crippen LogP contribution in [0.4, 0.5) is 0 Å². The van der Waals surface area contributed by atoms with Gasteiger partial charge in [-0.15, -0.1) is 0 Å². The number of carbonyl (C=O) groups excluding carboxylic acids is 1. The molecule has 116 valence electrons. The summed E-state index contributed by atoms with van der Waals surface area (Å²) >= 11 is 11.8. The lowest BCUT2D eigenvalue weighted by Gasteiger charge is -2.12. The number of nitrogens with zero attached hydrogens (tertiary/aromatic N) is 1. The Morgan fingerprint density at radius 3 is 2.62 bits per heavy atom. The molecule has 0 atom stereocenters. The van der Waals surface area contributed by atoms with E-state index >= 15 is 0 Å². The third-order valence-electron chi connectivity index (χ3n) is 3.10. The lowest BCUT2D eigenvalue weighted by atomic mass is 10.1. The summed E-state index contributed by atoms with van der Waals surface area (Å²) in [5, 5.41) is 11.4. The van der Waals surface area contributed by atoms with Crippen molar-refractivity contribution in [3.8, 4) is 0 Å². The van der Waals surface area contributed by atoms with Gasteiger partial charge in [0, 0.05) is 22.7 Å². The zero-order valence-corrected chi connectivity index (χ0v) is 13.7. The number of hydroxylamine groups is 2. The lowest BCUT2D eigenvalue weighted by Crippen LogP contribution is -2.26. The minimum atomic E-state index is -0.448. The summed E-state index contributed by atoms with van der Waals surface area (Å²) in [4.78, 5) is 11.7. The predicted octanol–water partition coefficient (Wildman–Crippen LogP) is 5.19. The average molecular weight is 330 g/mol. The second kappa shape index (κ2) is 9.82. The highest BCUT2D eigenvalue weighted by atomic mass is 35.5. The van der Waals surface area contributed by atoms with Crippen molar-refractivity contribution in [1.29, 1.82) is 0 Å². The Kier molecular flexibility index (Phi) is 8.43. The van der Waals surface area contributed by atoms with Crippen molar-refractivity contribution in [3.05, 3.63) is 39.9 Å². The monoisotopic (exact) mass is 329 g/mol. The number of hydrogen-bond donors (Lipinski definition) is 1. The van der Waals surface area contributed by atoms with E-state index in [0.717, 1.165) is 24.3 Å². The average Bonchev–Trinajstić information content (AvgIpc) is 2.45. The van der Waals surface area contributed by atoms with Crippen molar-refractivity contribution in [3.63, 3.8) is 0 Å². The Morgan fingerprint density at radius 1 is 1.24 bits per heavy atom. The Morgan fingerprint density at radius 2 is 1.95 bits per heavy atom. The summed E-state index contributed by atoms with van der Waals surface area (Å²) in [7, 11) is 0. The molecule has 1 amide bonds. The van der Waals surface area contributed by atoms with Gasteiger partial charge in [0.05, 0.1) is 0 Å². The van der Waals surface area contributed by atoms with Crippen LogP contribution in [0.2, 0.25) is 10.0 Å². The topological polar surface area (TPSA) is 40.5 Å². The summed E-state index contributed by atoms with van der Waals surface area (Å²) in [5.74, 6) is -0.448. The van der Waals surface area contributed by atoms with Gasteiger partial charge in [-0.05, 0) is 30.2 Å². The van der Waals surface area contributed by atoms with Gasteiger partial charge in [0.25, 0.3) is 5.91 Å². The fourth-order valence-electron chi connectivity index (χ4n) is 1.86. The molecule has 3 nitrogen and oxygen atoms in total. The van der Waals surface area contributed by atoms with Gasteiger partial charge in [0.15, 0.2) is 0 Å². The van der Waals surface area contributed by atoms with Crippen molar-refractivity contribution in [2.24, 2.45) is 0 Å². The third-order valence-corrected chi connectivity index (χ3v) is 3.66. The maximum Gasteiger partial charge on any atom is 0.269 e. The Labute approximate surface area is 136 Å². The van der Waals surface area contributed by atoms with E-state index in [4.69, 9.17) is 23.2 Å². The smallest absolute Gasteiger partial charge is 0.269 e. The molecule has 0 aliphatic heterocycles. The fourth-order valence-corrected chi connectivity index (χ4v) is 2.33. The molecule has 21 heavy (non-hydrogen) atoms. The van der Waals surface area contributed by atoms with Gasteiger partial charge in [-0.1, -0.05) is 61.9 Å². The SMILES string of the molecule is CCCCCCCN(O)C(=O)/C=C/c1ccc(Cl)cc1Cl. The Bertz CT molecular complexity index is 489. The van der Waals surface area contributed by atoms with Gasteiger partial charge in [0.1, 0.15) is 0 Å². The molecule has 0 aromatic heterocycles. The molecule has 0 saturated carbocycles. The van der Waals surface area contributed by atoms with E-state index in [1.807, 2.05) is 0 Å². The summed E-state index contributed by atoms with van der Waals surface area (Å²) in [5.41, 5.74) is 0.686. The minimum absolute atomic E-state index is 0.348. The molecule has 5 heteroatoms. The second-order valence-electron chi connectivity index (χ2n) is 4.87.